The zero-order chi connectivity index (χ0) is 13.7. The van der Waals surface area contributed by atoms with E-state index in [4.69, 9.17) is 0 Å². The quantitative estimate of drug-likeness (QED) is 0.277. The molecule has 0 rings (SSSR count). The average Bonchev–Trinajstić information content (AvgIpc) is 2.15. The molecule has 0 aliphatic carbocycles. The number of unbranched alkanes of at least 4 members (excludes halogenated alkanes) is 4. The van der Waals surface area contributed by atoms with E-state index in [1.165, 1.54) is 0 Å². The molecule has 0 radical (unpaired) electrons. The van der Waals surface area contributed by atoms with E-state index in [0.29, 0.717) is 12.8 Å². The molecule has 0 unspecified atom stereocenters. The van der Waals surface area contributed by atoms with Gasteiger partial charge in [0.2, 0.25) is 0 Å². The van der Waals surface area contributed by atoms with Gasteiger partial charge in [-0.1, -0.05) is 32.6 Å². The van der Waals surface area contributed by atoms with Crippen LogP contribution in [0.1, 0.15) is 45.4 Å². The minimum Gasteiger partial charge on any atom is -0.743 e. The first-order valence-electron chi connectivity index (χ1n) is 5.27. The van der Waals surface area contributed by atoms with E-state index in [9.17, 15) is 30.5 Å². The molecule has 0 aliphatic heterocycles. The maximum atomic E-state index is 12.9. The standard InChI is InChI=1S/C9H16F4O3S.Na/c1-2-3-4-5-6-7-8(10,11)9(12,13)17(14,15)16;/h2-7H2,1H3,(H,14,15,16);/q;+1/p-1. The van der Waals surface area contributed by atoms with E-state index in [-0.39, 0.29) is 36.0 Å². The van der Waals surface area contributed by atoms with Crippen molar-refractivity contribution < 1.29 is 60.1 Å². The predicted molar refractivity (Wildman–Crippen MR) is 53.0 cm³/mol. The van der Waals surface area contributed by atoms with E-state index in [0.717, 1.165) is 12.8 Å². The Bertz CT molecular complexity index is 333. The first-order chi connectivity index (χ1) is 7.56. The van der Waals surface area contributed by atoms with Crippen LogP contribution in [0.5, 0.6) is 0 Å². The van der Waals surface area contributed by atoms with Gasteiger partial charge in [0.25, 0.3) is 0 Å². The second-order valence-corrected chi connectivity index (χ2v) is 5.26. The molecular weight excluding hydrogens is 287 g/mol. The molecule has 0 atom stereocenters. The maximum Gasteiger partial charge on any atom is 1.00 e. The summed E-state index contributed by atoms with van der Waals surface area (Å²) in [6, 6.07) is 0. The van der Waals surface area contributed by atoms with Crippen LogP contribution in [0, 0.1) is 0 Å². The van der Waals surface area contributed by atoms with Crippen LogP contribution < -0.4 is 29.6 Å². The Morgan fingerprint density at radius 3 is 1.83 bits per heavy atom. The SMILES string of the molecule is CCCCCCCC(F)(F)C(F)(F)S(=O)(=O)[O-].[Na+]. The monoisotopic (exact) mass is 302 g/mol. The zero-order valence-corrected chi connectivity index (χ0v) is 13.2. The third-order valence-electron chi connectivity index (χ3n) is 2.33. The van der Waals surface area contributed by atoms with Gasteiger partial charge < -0.3 is 4.55 Å². The van der Waals surface area contributed by atoms with Crippen molar-refractivity contribution in [3.8, 4) is 0 Å². The van der Waals surface area contributed by atoms with Crippen molar-refractivity contribution in [2.75, 3.05) is 0 Å². The van der Waals surface area contributed by atoms with Gasteiger partial charge >= 0.3 is 40.7 Å². The van der Waals surface area contributed by atoms with Crippen molar-refractivity contribution in [3.05, 3.63) is 0 Å². The average molecular weight is 302 g/mol. The molecule has 0 aliphatic rings. The molecule has 0 aromatic heterocycles. The van der Waals surface area contributed by atoms with Crippen LogP contribution >= 0.6 is 0 Å². The molecule has 0 saturated heterocycles. The summed E-state index contributed by atoms with van der Waals surface area (Å²) in [5.74, 6) is -4.81. The summed E-state index contributed by atoms with van der Waals surface area (Å²) in [4.78, 5) is 0. The van der Waals surface area contributed by atoms with Gasteiger partial charge in [-0.3, -0.25) is 0 Å². The Hall–Kier alpha value is 0.630. The predicted octanol–water partition coefficient (Wildman–Crippen LogP) is 0.124. The molecule has 0 heterocycles. The largest absolute Gasteiger partial charge is 1.00 e. The van der Waals surface area contributed by atoms with E-state index < -0.39 is 27.7 Å². The Labute approximate surface area is 126 Å². The van der Waals surface area contributed by atoms with Crippen molar-refractivity contribution in [2.24, 2.45) is 0 Å². The second kappa shape index (κ2) is 8.04. The van der Waals surface area contributed by atoms with Crippen molar-refractivity contribution in [1.82, 2.24) is 0 Å². The topological polar surface area (TPSA) is 57.2 Å². The first-order valence-corrected chi connectivity index (χ1v) is 6.68. The second-order valence-electron chi connectivity index (χ2n) is 3.84. The van der Waals surface area contributed by atoms with Gasteiger partial charge in [0.15, 0.2) is 10.1 Å². The normalized spacial score (nSPS) is 13.2. The van der Waals surface area contributed by atoms with Crippen LogP contribution in [0.4, 0.5) is 17.6 Å². The third kappa shape index (κ3) is 5.73. The van der Waals surface area contributed by atoms with Crippen molar-refractivity contribution >= 4 is 10.1 Å². The van der Waals surface area contributed by atoms with E-state index >= 15 is 0 Å². The molecule has 0 bridgehead atoms. The first kappa shape index (κ1) is 20.9. The van der Waals surface area contributed by atoms with Gasteiger partial charge in [-0.2, -0.15) is 17.6 Å². The summed E-state index contributed by atoms with van der Waals surface area (Å²) < 4.78 is 81.2. The van der Waals surface area contributed by atoms with Crippen LogP contribution in [-0.4, -0.2) is 24.1 Å². The minimum atomic E-state index is -6.34. The minimum absolute atomic E-state index is 0. The molecular formula is C9H15F4NaO3S. The molecule has 0 fully saturated rings. The van der Waals surface area contributed by atoms with Crippen LogP contribution in [0.3, 0.4) is 0 Å². The Morgan fingerprint density at radius 1 is 1.00 bits per heavy atom. The van der Waals surface area contributed by atoms with Crippen molar-refractivity contribution in [2.45, 2.75) is 56.6 Å². The van der Waals surface area contributed by atoms with Crippen LogP contribution in [-0.2, 0) is 10.1 Å². The zero-order valence-electron chi connectivity index (χ0n) is 10.4. The third-order valence-corrected chi connectivity index (χ3v) is 3.26. The molecule has 0 amide bonds. The van der Waals surface area contributed by atoms with Gasteiger partial charge in [0.1, 0.15) is 0 Å². The van der Waals surface area contributed by atoms with E-state index in [2.05, 4.69) is 0 Å². The molecule has 0 N–H and O–H groups in total. The van der Waals surface area contributed by atoms with Crippen molar-refractivity contribution in [3.63, 3.8) is 0 Å². The van der Waals surface area contributed by atoms with Gasteiger partial charge in [0, 0.05) is 6.42 Å². The van der Waals surface area contributed by atoms with Gasteiger partial charge in [-0.05, 0) is 6.42 Å². The molecule has 9 heteroatoms. The number of hydrogen-bond acceptors (Lipinski definition) is 3. The molecule has 0 saturated carbocycles. The van der Waals surface area contributed by atoms with Crippen LogP contribution in [0.15, 0.2) is 0 Å². The molecule has 0 aromatic carbocycles. The number of rotatable bonds is 8. The summed E-state index contributed by atoms with van der Waals surface area (Å²) in [5, 5.41) is -5.54. The fraction of sp³-hybridized carbons (Fsp3) is 1.00. The van der Waals surface area contributed by atoms with Gasteiger partial charge in [-0.25, -0.2) is 8.42 Å². The number of hydrogen-bond donors (Lipinski definition) is 0. The number of alkyl halides is 4. The summed E-state index contributed by atoms with van der Waals surface area (Å²) >= 11 is 0. The smallest absolute Gasteiger partial charge is 0.743 e. The van der Waals surface area contributed by atoms with Crippen molar-refractivity contribution in [1.29, 1.82) is 0 Å². The molecule has 0 aromatic rings. The van der Waals surface area contributed by atoms with E-state index in [1.54, 1.807) is 0 Å². The van der Waals surface area contributed by atoms with Crippen LogP contribution in [0.2, 0.25) is 0 Å². The summed E-state index contributed by atoms with van der Waals surface area (Å²) in [6.07, 6.45) is 1.04. The Kier molecular flexibility index (Phi) is 9.35. The van der Waals surface area contributed by atoms with Crippen LogP contribution in [0.25, 0.3) is 0 Å². The molecule has 3 nitrogen and oxygen atoms in total. The molecule has 104 valence electrons. The Balaban J connectivity index is 0. The Morgan fingerprint density at radius 2 is 1.44 bits per heavy atom. The fourth-order valence-electron chi connectivity index (χ4n) is 1.28. The van der Waals surface area contributed by atoms with E-state index in [1.807, 2.05) is 6.92 Å². The number of halogens is 4. The van der Waals surface area contributed by atoms with Gasteiger partial charge in [-0.15, -0.1) is 0 Å². The summed E-state index contributed by atoms with van der Waals surface area (Å²) in [7, 11) is -6.34. The molecule has 18 heavy (non-hydrogen) atoms. The molecule has 0 spiro atoms. The summed E-state index contributed by atoms with van der Waals surface area (Å²) in [5.41, 5.74) is 0. The fourth-order valence-corrected chi connectivity index (χ4v) is 1.75. The summed E-state index contributed by atoms with van der Waals surface area (Å²) in [6.45, 7) is 1.90. The van der Waals surface area contributed by atoms with Gasteiger partial charge in [0.05, 0.1) is 0 Å². The maximum absolute atomic E-state index is 12.9.